The van der Waals surface area contributed by atoms with E-state index in [1.54, 1.807) is 37.6 Å². The summed E-state index contributed by atoms with van der Waals surface area (Å²) in [6.07, 6.45) is 1.34. The van der Waals surface area contributed by atoms with E-state index in [0.717, 1.165) is 5.56 Å². The lowest BCUT2D eigenvalue weighted by molar-refractivity contribution is -0.120. The summed E-state index contributed by atoms with van der Waals surface area (Å²) >= 11 is 0. The Morgan fingerprint density at radius 1 is 1.24 bits per heavy atom. The van der Waals surface area contributed by atoms with Crippen molar-refractivity contribution in [3.63, 3.8) is 0 Å². The molecule has 9 heteroatoms. The first-order chi connectivity index (χ1) is 13.5. The smallest absolute Gasteiger partial charge is 0.239 e. The third kappa shape index (κ3) is 6.70. The second-order valence-electron chi connectivity index (χ2n) is 6.65. The zero-order chi connectivity index (χ0) is 19.9. The van der Waals surface area contributed by atoms with E-state index in [9.17, 15) is 9.18 Å². The maximum absolute atomic E-state index is 13.2. The number of nitrogens with zero attached hydrogens (tertiary/aromatic N) is 2. The van der Waals surface area contributed by atoms with Crippen LogP contribution < -0.4 is 10.6 Å². The van der Waals surface area contributed by atoms with Gasteiger partial charge in [0.05, 0.1) is 32.0 Å². The van der Waals surface area contributed by atoms with Gasteiger partial charge in [0.2, 0.25) is 5.91 Å². The Hall–Kier alpha value is -2.14. The summed E-state index contributed by atoms with van der Waals surface area (Å²) in [6.45, 7) is 3.62. The number of benzene rings is 1. The highest BCUT2D eigenvalue weighted by atomic mass is 127. The Morgan fingerprint density at radius 2 is 2.00 bits per heavy atom. The zero-order valence-corrected chi connectivity index (χ0v) is 18.8. The van der Waals surface area contributed by atoms with Crippen molar-refractivity contribution >= 4 is 35.8 Å². The van der Waals surface area contributed by atoms with Gasteiger partial charge < -0.3 is 24.7 Å². The van der Waals surface area contributed by atoms with Gasteiger partial charge in [0.15, 0.2) is 5.96 Å². The number of amides is 1. The summed E-state index contributed by atoms with van der Waals surface area (Å²) in [5.74, 6) is 0.883. The standard InChI is InChI=1S/C20H25FN4O3.HI/c1-14-12-25(13-18(28-14)15-5-7-16(21)8-6-15)20(22-2)24-11-19(26)23-10-17-4-3-9-27-17;/h3-9,14,18H,10-13H2,1-2H3,(H,22,24)(H,23,26);1H. The molecule has 1 fully saturated rings. The van der Waals surface area contributed by atoms with Crippen molar-refractivity contribution in [2.24, 2.45) is 4.99 Å². The Bertz CT molecular complexity index is 799. The topological polar surface area (TPSA) is 79.1 Å². The van der Waals surface area contributed by atoms with Gasteiger partial charge in [-0.15, -0.1) is 24.0 Å². The fourth-order valence-electron chi connectivity index (χ4n) is 3.14. The van der Waals surface area contributed by atoms with Crippen LogP contribution in [0.2, 0.25) is 0 Å². The second kappa shape index (κ2) is 11.1. The molecule has 2 aromatic rings. The van der Waals surface area contributed by atoms with Crippen LogP contribution >= 0.6 is 24.0 Å². The van der Waals surface area contributed by atoms with Crippen molar-refractivity contribution in [2.45, 2.75) is 25.7 Å². The summed E-state index contributed by atoms with van der Waals surface area (Å²) in [4.78, 5) is 18.4. The van der Waals surface area contributed by atoms with E-state index in [-0.39, 0.29) is 54.5 Å². The minimum absolute atomic E-state index is 0. The lowest BCUT2D eigenvalue weighted by atomic mass is 10.1. The molecule has 1 amide bonds. The van der Waals surface area contributed by atoms with Gasteiger partial charge in [-0.25, -0.2) is 4.39 Å². The van der Waals surface area contributed by atoms with Crippen LogP contribution in [0.1, 0.15) is 24.4 Å². The van der Waals surface area contributed by atoms with Crippen LogP contribution in [-0.4, -0.2) is 49.6 Å². The molecule has 1 aromatic heterocycles. The van der Waals surface area contributed by atoms with Gasteiger partial charge in [-0.1, -0.05) is 12.1 Å². The Morgan fingerprint density at radius 3 is 2.66 bits per heavy atom. The monoisotopic (exact) mass is 516 g/mol. The first-order valence-corrected chi connectivity index (χ1v) is 9.20. The Balaban J connectivity index is 0.00000300. The molecule has 2 heterocycles. The molecule has 7 nitrogen and oxygen atoms in total. The molecule has 2 atom stereocenters. The van der Waals surface area contributed by atoms with E-state index in [1.807, 2.05) is 11.8 Å². The molecule has 0 bridgehead atoms. The van der Waals surface area contributed by atoms with Crippen LogP contribution in [-0.2, 0) is 16.1 Å². The number of carbonyl (C=O) groups excluding carboxylic acids is 1. The number of furan rings is 1. The minimum Gasteiger partial charge on any atom is -0.467 e. The lowest BCUT2D eigenvalue weighted by Crippen LogP contribution is -2.52. The van der Waals surface area contributed by atoms with Gasteiger partial charge >= 0.3 is 0 Å². The highest BCUT2D eigenvalue weighted by Gasteiger charge is 2.28. The van der Waals surface area contributed by atoms with Crippen molar-refractivity contribution in [1.82, 2.24) is 15.5 Å². The van der Waals surface area contributed by atoms with Crippen LogP contribution in [0, 0.1) is 5.82 Å². The van der Waals surface area contributed by atoms with Crippen molar-refractivity contribution < 1.29 is 18.3 Å². The van der Waals surface area contributed by atoms with Gasteiger partial charge in [0.25, 0.3) is 0 Å². The maximum Gasteiger partial charge on any atom is 0.239 e. The fourth-order valence-corrected chi connectivity index (χ4v) is 3.14. The molecule has 0 saturated carbocycles. The number of halogens is 2. The van der Waals surface area contributed by atoms with Gasteiger partial charge in [0.1, 0.15) is 17.7 Å². The number of hydrogen-bond donors (Lipinski definition) is 2. The molecule has 1 saturated heterocycles. The van der Waals surface area contributed by atoms with Crippen LogP contribution in [0.4, 0.5) is 4.39 Å². The number of guanidine groups is 1. The predicted molar refractivity (Wildman–Crippen MR) is 119 cm³/mol. The molecule has 0 spiro atoms. The Kier molecular flexibility index (Phi) is 8.90. The quantitative estimate of drug-likeness (QED) is 0.363. The van der Waals surface area contributed by atoms with E-state index in [0.29, 0.717) is 31.4 Å². The molecule has 29 heavy (non-hydrogen) atoms. The zero-order valence-electron chi connectivity index (χ0n) is 16.4. The predicted octanol–water partition coefficient (Wildman–Crippen LogP) is 2.69. The van der Waals surface area contributed by atoms with Crippen LogP contribution in [0.25, 0.3) is 0 Å². The first-order valence-electron chi connectivity index (χ1n) is 9.20. The average molecular weight is 516 g/mol. The number of carbonyl (C=O) groups is 1. The van der Waals surface area contributed by atoms with E-state index in [4.69, 9.17) is 9.15 Å². The third-order valence-electron chi connectivity index (χ3n) is 4.46. The SMILES string of the molecule is CN=C(NCC(=O)NCc1ccco1)N1CC(C)OC(c2ccc(F)cc2)C1.I. The van der Waals surface area contributed by atoms with Crippen molar-refractivity contribution in [3.05, 3.63) is 59.8 Å². The van der Waals surface area contributed by atoms with Crippen LogP contribution in [0.5, 0.6) is 0 Å². The van der Waals surface area contributed by atoms with Gasteiger partial charge in [-0.05, 0) is 36.8 Å². The van der Waals surface area contributed by atoms with Crippen LogP contribution in [0.15, 0.2) is 52.1 Å². The molecular formula is C20H26FIN4O3. The average Bonchev–Trinajstić information content (AvgIpc) is 3.20. The number of aliphatic imine (C=N–C) groups is 1. The number of nitrogens with one attached hydrogen (secondary N) is 2. The molecule has 3 rings (SSSR count). The normalized spacial score (nSPS) is 19.4. The summed E-state index contributed by atoms with van der Waals surface area (Å²) in [5.41, 5.74) is 0.907. The molecule has 158 valence electrons. The molecular weight excluding hydrogens is 490 g/mol. The summed E-state index contributed by atoms with van der Waals surface area (Å²) in [7, 11) is 1.68. The highest BCUT2D eigenvalue weighted by molar-refractivity contribution is 14.0. The number of ether oxygens (including phenoxy) is 1. The van der Waals surface area contributed by atoms with Gasteiger partial charge in [0, 0.05) is 13.6 Å². The number of morpholine rings is 1. The lowest BCUT2D eigenvalue weighted by Gasteiger charge is -2.38. The van der Waals surface area contributed by atoms with Crippen molar-refractivity contribution in [3.8, 4) is 0 Å². The molecule has 0 aliphatic carbocycles. The van der Waals surface area contributed by atoms with Gasteiger partial charge in [-0.3, -0.25) is 9.79 Å². The number of hydrogen-bond acceptors (Lipinski definition) is 4. The molecule has 0 radical (unpaired) electrons. The largest absolute Gasteiger partial charge is 0.467 e. The van der Waals surface area contributed by atoms with E-state index in [1.165, 1.54) is 12.1 Å². The second-order valence-corrected chi connectivity index (χ2v) is 6.65. The van der Waals surface area contributed by atoms with E-state index >= 15 is 0 Å². The van der Waals surface area contributed by atoms with E-state index < -0.39 is 0 Å². The molecule has 2 unspecified atom stereocenters. The number of rotatable bonds is 5. The summed E-state index contributed by atoms with van der Waals surface area (Å²) in [6, 6.07) is 9.90. The third-order valence-corrected chi connectivity index (χ3v) is 4.46. The molecule has 1 aliphatic heterocycles. The Labute approximate surface area is 186 Å². The first kappa shape index (κ1) is 23.1. The molecule has 1 aromatic carbocycles. The summed E-state index contributed by atoms with van der Waals surface area (Å²) < 4.78 is 24.4. The van der Waals surface area contributed by atoms with Crippen molar-refractivity contribution in [2.75, 3.05) is 26.7 Å². The minimum atomic E-state index is -0.275. The van der Waals surface area contributed by atoms with Crippen LogP contribution in [0.3, 0.4) is 0 Å². The summed E-state index contributed by atoms with van der Waals surface area (Å²) in [5, 5.41) is 5.88. The maximum atomic E-state index is 13.2. The van der Waals surface area contributed by atoms with Crippen molar-refractivity contribution in [1.29, 1.82) is 0 Å². The molecule has 2 N–H and O–H groups in total. The molecule has 1 aliphatic rings. The fraction of sp³-hybridized carbons (Fsp3) is 0.400. The van der Waals surface area contributed by atoms with E-state index in [2.05, 4.69) is 15.6 Å². The highest BCUT2D eigenvalue weighted by Crippen LogP contribution is 2.25. The van der Waals surface area contributed by atoms with Gasteiger partial charge in [-0.2, -0.15) is 0 Å².